The second-order valence-electron chi connectivity index (χ2n) is 6.43. The summed E-state index contributed by atoms with van der Waals surface area (Å²) in [6, 6.07) is -0.498. The molecule has 0 aromatic heterocycles. The number of hydrogen-bond donors (Lipinski definition) is 2. The summed E-state index contributed by atoms with van der Waals surface area (Å²) in [5, 5.41) is 5.37. The van der Waals surface area contributed by atoms with Crippen molar-refractivity contribution in [2.45, 2.75) is 54.0 Å². The molecule has 0 rings (SSSR count). The Kier molecular flexibility index (Phi) is 6.96. The Morgan fingerprint density at radius 1 is 1.22 bits per heavy atom. The summed E-state index contributed by atoms with van der Waals surface area (Å²) in [6.45, 7) is 13.0. The fourth-order valence-corrected chi connectivity index (χ4v) is 1.55. The van der Waals surface area contributed by atoms with Crippen molar-refractivity contribution in [3.63, 3.8) is 0 Å². The molecular weight excluding hydrogens is 228 g/mol. The van der Waals surface area contributed by atoms with Crippen LogP contribution in [0.15, 0.2) is 0 Å². The third-order valence-electron chi connectivity index (χ3n) is 3.25. The van der Waals surface area contributed by atoms with Gasteiger partial charge in [0, 0.05) is 6.54 Å². The van der Waals surface area contributed by atoms with Gasteiger partial charge in [0.05, 0.1) is 0 Å². The van der Waals surface area contributed by atoms with Gasteiger partial charge in [-0.05, 0) is 23.7 Å². The zero-order valence-corrected chi connectivity index (χ0v) is 12.5. The van der Waals surface area contributed by atoms with Gasteiger partial charge in [-0.25, -0.2) is 0 Å². The van der Waals surface area contributed by atoms with Crippen LogP contribution in [-0.2, 0) is 9.59 Å². The topological polar surface area (TPSA) is 58.2 Å². The molecule has 0 heterocycles. The minimum atomic E-state index is -0.498. The van der Waals surface area contributed by atoms with Gasteiger partial charge in [-0.3, -0.25) is 9.59 Å². The molecule has 0 aliphatic heterocycles. The van der Waals surface area contributed by atoms with Crippen molar-refractivity contribution in [2.75, 3.05) is 6.54 Å². The predicted octanol–water partition coefficient (Wildman–Crippen LogP) is 1.86. The highest BCUT2D eigenvalue weighted by molar-refractivity contribution is 5.83. The van der Waals surface area contributed by atoms with Crippen LogP contribution in [0.5, 0.6) is 0 Å². The van der Waals surface area contributed by atoms with Crippen molar-refractivity contribution < 1.29 is 9.59 Å². The number of rotatable bonds is 7. The molecule has 0 aliphatic carbocycles. The molecule has 0 aliphatic rings. The lowest BCUT2D eigenvalue weighted by Gasteiger charge is -2.26. The first-order chi connectivity index (χ1) is 8.19. The summed E-state index contributed by atoms with van der Waals surface area (Å²) in [7, 11) is 0. The Bertz CT molecular complexity index is 269. The van der Waals surface area contributed by atoms with E-state index >= 15 is 0 Å². The average molecular weight is 255 g/mol. The van der Waals surface area contributed by atoms with Gasteiger partial charge < -0.3 is 10.6 Å². The zero-order chi connectivity index (χ0) is 14.3. The lowest BCUT2D eigenvalue weighted by atomic mass is 9.89. The monoisotopic (exact) mass is 255 g/mol. The summed E-state index contributed by atoms with van der Waals surface area (Å²) in [4.78, 5) is 22.5. The Hall–Kier alpha value is -1.06. The molecule has 0 fully saturated rings. The summed E-state index contributed by atoms with van der Waals surface area (Å²) in [5.41, 5.74) is 0.191. The van der Waals surface area contributed by atoms with Crippen LogP contribution in [0.1, 0.15) is 48.0 Å². The van der Waals surface area contributed by atoms with Crippen LogP contribution in [0.2, 0.25) is 0 Å². The van der Waals surface area contributed by atoms with Gasteiger partial charge in [0.2, 0.25) is 5.91 Å². The molecule has 1 radical (unpaired) electrons. The Balaban J connectivity index is 4.35. The smallest absolute Gasteiger partial charge is 0.309 e. The van der Waals surface area contributed by atoms with Crippen LogP contribution in [0.25, 0.3) is 0 Å². The van der Waals surface area contributed by atoms with E-state index in [0.717, 1.165) is 6.42 Å². The minimum absolute atomic E-state index is 0.0843. The van der Waals surface area contributed by atoms with Crippen molar-refractivity contribution in [1.82, 2.24) is 10.6 Å². The van der Waals surface area contributed by atoms with Crippen LogP contribution in [0.4, 0.5) is 0 Å². The van der Waals surface area contributed by atoms with Gasteiger partial charge in [0.15, 0.2) is 0 Å². The zero-order valence-electron chi connectivity index (χ0n) is 12.5. The molecule has 18 heavy (non-hydrogen) atoms. The molecule has 2 amide bonds. The predicted molar refractivity (Wildman–Crippen MR) is 73.7 cm³/mol. The van der Waals surface area contributed by atoms with Crippen molar-refractivity contribution in [2.24, 2.45) is 17.3 Å². The maximum absolute atomic E-state index is 12.0. The molecule has 2 atom stereocenters. The average Bonchev–Trinajstić information content (AvgIpc) is 2.22. The Labute approximate surface area is 111 Å². The lowest BCUT2D eigenvalue weighted by Crippen LogP contribution is -2.49. The second kappa shape index (κ2) is 7.39. The van der Waals surface area contributed by atoms with Gasteiger partial charge in [-0.15, -0.1) is 0 Å². The molecule has 0 aromatic carbocycles. The molecule has 4 nitrogen and oxygen atoms in total. The SMILES string of the molecule is CC(C)C(C)C(N[C]=O)C(=O)NCCC(C)(C)C. The molecule has 0 aromatic rings. The molecule has 105 valence electrons. The van der Waals surface area contributed by atoms with Gasteiger partial charge in [0.1, 0.15) is 6.04 Å². The first-order valence-electron chi connectivity index (χ1n) is 6.59. The quantitative estimate of drug-likeness (QED) is 0.682. The number of carbonyl (C=O) groups excluding carboxylic acids is 2. The Morgan fingerprint density at radius 3 is 2.17 bits per heavy atom. The third-order valence-corrected chi connectivity index (χ3v) is 3.25. The fraction of sp³-hybridized carbons (Fsp3) is 0.857. The summed E-state index contributed by atoms with van der Waals surface area (Å²) < 4.78 is 0. The van der Waals surface area contributed by atoms with Crippen LogP contribution in [0, 0.1) is 17.3 Å². The highest BCUT2D eigenvalue weighted by Gasteiger charge is 2.26. The van der Waals surface area contributed by atoms with E-state index in [1.165, 1.54) is 0 Å². The van der Waals surface area contributed by atoms with Crippen molar-refractivity contribution >= 4 is 12.3 Å². The van der Waals surface area contributed by atoms with E-state index in [1.54, 1.807) is 6.41 Å². The van der Waals surface area contributed by atoms with E-state index in [9.17, 15) is 9.59 Å². The standard InChI is InChI=1S/C14H27N2O2/c1-10(2)11(3)12(16-9-17)13(18)15-8-7-14(4,5)6/h10-12H,7-8H2,1-6H3,(H,15,18)(H,16,17). The molecular formula is C14H27N2O2. The van der Waals surface area contributed by atoms with Gasteiger partial charge in [0.25, 0.3) is 0 Å². The van der Waals surface area contributed by atoms with Crippen LogP contribution >= 0.6 is 0 Å². The van der Waals surface area contributed by atoms with Crippen molar-refractivity contribution in [3.8, 4) is 0 Å². The molecule has 0 bridgehead atoms. The lowest BCUT2D eigenvalue weighted by molar-refractivity contribution is -0.124. The number of nitrogens with one attached hydrogen (secondary N) is 2. The number of hydrogen-bond acceptors (Lipinski definition) is 2. The Morgan fingerprint density at radius 2 is 1.78 bits per heavy atom. The molecule has 2 unspecified atom stereocenters. The van der Waals surface area contributed by atoms with E-state index in [-0.39, 0.29) is 17.2 Å². The van der Waals surface area contributed by atoms with E-state index in [4.69, 9.17) is 0 Å². The fourth-order valence-electron chi connectivity index (χ4n) is 1.55. The summed E-state index contributed by atoms with van der Waals surface area (Å²) >= 11 is 0. The first kappa shape index (κ1) is 16.9. The second-order valence-corrected chi connectivity index (χ2v) is 6.43. The largest absolute Gasteiger partial charge is 0.354 e. The van der Waals surface area contributed by atoms with Crippen LogP contribution in [0.3, 0.4) is 0 Å². The van der Waals surface area contributed by atoms with Crippen molar-refractivity contribution in [3.05, 3.63) is 0 Å². The highest BCUT2D eigenvalue weighted by Crippen LogP contribution is 2.18. The van der Waals surface area contributed by atoms with Gasteiger partial charge in [-0.2, -0.15) is 0 Å². The maximum Gasteiger partial charge on any atom is 0.309 e. The third kappa shape index (κ3) is 6.62. The molecule has 0 saturated heterocycles. The van der Waals surface area contributed by atoms with E-state index in [0.29, 0.717) is 12.5 Å². The highest BCUT2D eigenvalue weighted by atomic mass is 16.2. The first-order valence-corrected chi connectivity index (χ1v) is 6.59. The summed E-state index contributed by atoms with van der Waals surface area (Å²) in [6.07, 6.45) is 2.54. The van der Waals surface area contributed by atoms with E-state index in [2.05, 4.69) is 31.4 Å². The van der Waals surface area contributed by atoms with Crippen molar-refractivity contribution in [1.29, 1.82) is 0 Å². The van der Waals surface area contributed by atoms with Gasteiger partial charge in [-0.1, -0.05) is 41.5 Å². The normalized spacial score (nSPS) is 15.1. The number of carbonyl (C=O) groups is 1. The molecule has 2 N–H and O–H groups in total. The van der Waals surface area contributed by atoms with Crippen LogP contribution in [-0.4, -0.2) is 24.9 Å². The van der Waals surface area contributed by atoms with E-state index < -0.39 is 6.04 Å². The van der Waals surface area contributed by atoms with Gasteiger partial charge >= 0.3 is 6.41 Å². The minimum Gasteiger partial charge on any atom is -0.354 e. The molecule has 4 heteroatoms. The maximum atomic E-state index is 12.0. The van der Waals surface area contributed by atoms with E-state index in [1.807, 2.05) is 20.8 Å². The number of amides is 2. The summed E-state index contributed by atoms with van der Waals surface area (Å²) in [5.74, 6) is 0.286. The molecule has 0 spiro atoms. The molecule has 0 saturated carbocycles. The van der Waals surface area contributed by atoms with Crippen LogP contribution < -0.4 is 10.6 Å².